The first-order valence-corrected chi connectivity index (χ1v) is 7.78. The van der Waals surface area contributed by atoms with Gasteiger partial charge in [-0.25, -0.2) is 0 Å². The molecule has 2 heterocycles. The summed E-state index contributed by atoms with van der Waals surface area (Å²) in [5.74, 6) is 0.487. The molecule has 2 rings (SSSR count). The molecule has 2 aromatic heterocycles. The van der Waals surface area contributed by atoms with Crippen molar-refractivity contribution in [3.63, 3.8) is 0 Å². The second-order valence-electron chi connectivity index (χ2n) is 3.90. The highest BCUT2D eigenvalue weighted by molar-refractivity contribution is 8.00. The summed E-state index contributed by atoms with van der Waals surface area (Å²) in [5, 5.41) is 12.9. The second kappa shape index (κ2) is 6.72. The maximum absolute atomic E-state index is 11.7. The van der Waals surface area contributed by atoms with Gasteiger partial charge in [-0.2, -0.15) is 0 Å². The van der Waals surface area contributed by atoms with Crippen molar-refractivity contribution in [2.45, 2.75) is 30.7 Å². The number of carbonyl (C=O) groups excluding carboxylic acids is 1. The largest absolute Gasteiger partial charge is 0.410 e. The summed E-state index contributed by atoms with van der Waals surface area (Å²) in [5.41, 5.74) is 0. The molecule has 1 amide bonds. The van der Waals surface area contributed by atoms with Crippen molar-refractivity contribution in [1.82, 2.24) is 15.5 Å². The first kappa shape index (κ1) is 14.1. The summed E-state index contributed by atoms with van der Waals surface area (Å²) in [6.07, 6.45) is 0.923. The van der Waals surface area contributed by atoms with Gasteiger partial charge in [-0.3, -0.25) is 4.79 Å². The number of thioether (sulfide) groups is 1. The molecule has 0 radical (unpaired) electrons. The molecule has 19 heavy (non-hydrogen) atoms. The van der Waals surface area contributed by atoms with Crippen molar-refractivity contribution in [2.24, 2.45) is 0 Å². The molecule has 0 aromatic carbocycles. The van der Waals surface area contributed by atoms with Crippen molar-refractivity contribution in [2.75, 3.05) is 6.54 Å². The fourth-order valence-corrected chi connectivity index (χ4v) is 2.71. The van der Waals surface area contributed by atoms with Gasteiger partial charge in [-0.15, -0.1) is 21.5 Å². The average molecular weight is 297 g/mol. The molecule has 1 N–H and O–H groups in total. The van der Waals surface area contributed by atoms with E-state index in [0.717, 1.165) is 11.3 Å². The number of carbonyl (C=O) groups is 1. The van der Waals surface area contributed by atoms with Crippen LogP contribution in [0, 0.1) is 0 Å². The average Bonchev–Trinajstić information content (AvgIpc) is 3.05. The number of amides is 1. The summed E-state index contributed by atoms with van der Waals surface area (Å²) >= 11 is 2.81. The summed E-state index contributed by atoms with van der Waals surface area (Å²) in [4.78, 5) is 12.7. The minimum Gasteiger partial charge on any atom is -0.410 e. The number of nitrogens with one attached hydrogen (secondary N) is 1. The summed E-state index contributed by atoms with van der Waals surface area (Å²) in [7, 11) is 0. The van der Waals surface area contributed by atoms with Crippen molar-refractivity contribution in [1.29, 1.82) is 0 Å². The minimum absolute atomic E-state index is 0.0114. The number of hydrogen-bond acceptors (Lipinski definition) is 6. The van der Waals surface area contributed by atoms with E-state index in [4.69, 9.17) is 4.42 Å². The highest BCUT2D eigenvalue weighted by Gasteiger charge is 2.18. The van der Waals surface area contributed by atoms with Gasteiger partial charge in [0.05, 0.1) is 10.1 Å². The molecule has 0 aliphatic carbocycles. The van der Waals surface area contributed by atoms with Gasteiger partial charge in [0.2, 0.25) is 5.91 Å². The smallest absolute Gasteiger partial charge is 0.277 e. The Labute approximate surface area is 119 Å². The number of aromatic nitrogens is 2. The zero-order valence-electron chi connectivity index (χ0n) is 10.8. The van der Waals surface area contributed by atoms with Crippen LogP contribution in [0.5, 0.6) is 0 Å². The Kier molecular flexibility index (Phi) is 4.98. The van der Waals surface area contributed by atoms with Crippen molar-refractivity contribution in [3.8, 4) is 10.8 Å². The Morgan fingerprint density at radius 3 is 3.11 bits per heavy atom. The van der Waals surface area contributed by atoms with Gasteiger partial charge < -0.3 is 9.73 Å². The van der Waals surface area contributed by atoms with E-state index in [1.54, 1.807) is 11.3 Å². The minimum atomic E-state index is -0.247. The molecule has 0 saturated carbocycles. The van der Waals surface area contributed by atoms with Crippen LogP contribution < -0.4 is 5.32 Å². The third kappa shape index (κ3) is 3.81. The van der Waals surface area contributed by atoms with Gasteiger partial charge in [0.1, 0.15) is 0 Å². The van der Waals surface area contributed by atoms with E-state index in [1.807, 2.05) is 31.4 Å². The first-order valence-electron chi connectivity index (χ1n) is 6.02. The zero-order chi connectivity index (χ0) is 13.7. The summed E-state index contributed by atoms with van der Waals surface area (Å²) in [6, 6.07) is 3.85. The lowest BCUT2D eigenvalue weighted by atomic mass is 10.4. The van der Waals surface area contributed by atoms with Crippen LogP contribution in [0.1, 0.15) is 20.3 Å². The van der Waals surface area contributed by atoms with Crippen LogP contribution in [0.2, 0.25) is 0 Å². The van der Waals surface area contributed by atoms with E-state index >= 15 is 0 Å². The first-order chi connectivity index (χ1) is 9.20. The molecule has 0 fully saturated rings. The van der Waals surface area contributed by atoms with Crippen LogP contribution in [0.3, 0.4) is 0 Å². The fourth-order valence-electron chi connectivity index (χ4n) is 1.35. The number of hydrogen-bond donors (Lipinski definition) is 1. The van der Waals surface area contributed by atoms with E-state index in [-0.39, 0.29) is 11.2 Å². The number of rotatable bonds is 6. The zero-order valence-corrected chi connectivity index (χ0v) is 12.4. The van der Waals surface area contributed by atoms with Crippen molar-refractivity contribution < 1.29 is 9.21 Å². The number of thiophene rings is 1. The van der Waals surface area contributed by atoms with Crippen molar-refractivity contribution >= 4 is 29.0 Å². The van der Waals surface area contributed by atoms with Crippen LogP contribution in [0.4, 0.5) is 0 Å². The third-order valence-corrected chi connectivity index (χ3v) is 4.13. The van der Waals surface area contributed by atoms with E-state index in [9.17, 15) is 4.79 Å². The number of nitrogens with zero attached hydrogens (tertiary/aromatic N) is 2. The molecule has 7 heteroatoms. The Morgan fingerprint density at radius 1 is 1.58 bits per heavy atom. The van der Waals surface area contributed by atoms with Gasteiger partial charge in [0, 0.05) is 6.54 Å². The molecule has 0 spiro atoms. The Bertz CT molecular complexity index is 525. The predicted molar refractivity (Wildman–Crippen MR) is 76.2 cm³/mol. The molecule has 0 aliphatic rings. The molecule has 2 aromatic rings. The van der Waals surface area contributed by atoms with Crippen LogP contribution in [0.15, 0.2) is 27.2 Å². The lowest BCUT2D eigenvalue weighted by molar-refractivity contribution is -0.120. The van der Waals surface area contributed by atoms with E-state index in [1.165, 1.54) is 11.8 Å². The third-order valence-electron chi connectivity index (χ3n) is 2.33. The lowest BCUT2D eigenvalue weighted by Gasteiger charge is -2.08. The lowest BCUT2D eigenvalue weighted by Crippen LogP contribution is -2.31. The molecule has 0 aliphatic heterocycles. The Balaban J connectivity index is 1.94. The molecule has 1 atom stereocenters. The van der Waals surface area contributed by atoms with Crippen LogP contribution >= 0.6 is 23.1 Å². The molecular weight excluding hydrogens is 282 g/mol. The van der Waals surface area contributed by atoms with Crippen LogP contribution in [0.25, 0.3) is 10.8 Å². The maximum Gasteiger partial charge on any atom is 0.277 e. The molecular formula is C12H15N3O2S2. The highest BCUT2D eigenvalue weighted by atomic mass is 32.2. The second-order valence-corrected chi connectivity index (χ2v) is 6.14. The summed E-state index contributed by atoms with van der Waals surface area (Å²) < 4.78 is 5.52. The normalized spacial score (nSPS) is 12.3. The summed E-state index contributed by atoms with van der Waals surface area (Å²) in [6.45, 7) is 4.53. The maximum atomic E-state index is 11.7. The quantitative estimate of drug-likeness (QED) is 0.830. The van der Waals surface area contributed by atoms with E-state index in [2.05, 4.69) is 15.5 Å². The van der Waals surface area contributed by atoms with Gasteiger partial charge in [-0.05, 0) is 24.8 Å². The van der Waals surface area contributed by atoms with Gasteiger partial charge >= 0.3 is 0 Å². The van der Waals surface area contributed by atoms with E-state index in [0.29, 0.717) is 17.7 Å². The molecule has 1 unspecified atom stereocenters. The fraction of sp³-hybridized carbons (Fsp3) is 0.417. The van der Waals surface area contributed by atoms with E-state index < -0.39 is 0 Å². The monoisotopic (exact) mass is 297 g/mol. The van der Waals surface area contributed by atoms with Gasteiger partial charge in [0.25, 0.3) is 11.1 Å². The highest BCUT2D eigenvalue weighted by Crippen LogP contribution is 2.28. The predicted octanol–water partition coefficient (Wildman–Crippen LogP) is 2.80. The van der Waals surface area contributed by atoms with Gasteiger partial charge in [0.15, 0.2) is 0 Å². The Morgan fingerprint density at radius 2 is 2.42 bits per heavy atom. The Hall–Kier alpha value is -1.34. The van der Waals surface area contributed by atoms with Crippen molar-refractivity contribution in [3.05, 3.63) is 17.5 Å². The van der Waals surface area contributed by atoms with Crippen LogP contribution in [-0.2, 0) is 4.79 Å². The topological polar surface area (TPSA) is 68.0 Å². The van der Waals surface area contributed by atoms with Crippen LogP contribution in [-0.4, -0.2) is 27.9 Å². The SMILES string of the molecule is CCCNC(=O)C(C)Sc1nnc(-c2cccs2)o1. The molecule has 0 saturated heterocycles. The standard InChI is InChI=1S/C12H15N3O2S2/c1-3-6-13-10(16)8(2)19-12-15-14-11(17-12)9-5-4-7-18-9/h4-5,7-8H,3,6H2,1-2H3,(H,13,16). The molecule has 102 valence electrons. The molecule has 0 bridgehead atoms. The molecule has 5 nitrogen and oxygen atoms in total. The van der Waals surface area contributed by atoms with Gasteiger partial charge in [-0.1, -0.05) is 24.8 Å².